The first-order chi connectivity index (χ1) is 9.13. The molecule has 19 heavy (non-hydrogen) atoms. The lowest BCUT2D eigenvalue weighted by Gasteiger charge is -2.06. The minimum absolute atomic E-state index is 0.328. The number of rotatable bonds is 5. The Hall–Kier alpha value is -1.76. The second-order valence-electron chi connectivity index (χ2n) is 3.96. The van der Waals surface area contributed by atoms with Crippen molar-refractivity contribution in [2.45, 2.75) is 17.8 Å². The Morgan fingerprint density at radius 1 is 1.47 bits per heavy atom. The van der Waals surface area contributed by atoms with Gasteiger partial charge in [0.05, 0.1) is 18.5 Å². The number of hydrogen-bond donors (Lipinski definition) is 0. The highest BCUT2D eigenvalue weighted by Gasteiger charge is 2.17. The quantitative estimate of drug-likeness (QED) is 0.615. The van der Waals surface area contributed by atoms with Crippen molar-refractivity contribution < 1.29 is 9.53 Å². The molecule has 6 nitrogen and oxygen atoms in total. The number of thioether (sulfide) groups is 1. The van der Waals surface area contributed by atoms with Crippen molar-refractivity contribution in [1.29, 1.82) is 0 Å². The third-order valence-corrected chi connectivity index (χ3v) is 3.74. The summed E-state index contributed by atoms with van der Waals surface area (Å²) in [5.74, 6) is 0.293. The number of nitrogens with zero attached hydrogens (tertiary/aromatic N) is 4. The topological polar surface area (TPSA) is 61.9 Å². The Balaban J connectivity index is 2.13. The molecule has 2 aromatic rings. The molecule has 0 fully saturated rings. The van der Waals surface area contributed by atoms with Crippen LogP contribution in [0.3, 0.4) is 0 Å². The molecular weight excluding hydrogens is 264 g/mol. The summed E-state index contributed by atoms with van der Waals surface area (Å²) in [6.45, 7) is 2.15. The fourth-order valence-corrected chi connectivity index (χ4v) is 2.65. The summed E-state index contributed by atoms with van der Waals surface area (Å²) in [6, 6.07) is 0. The van der Waals surface area contributed by atoms with Crippen LogP contribution in [-0.4, -0.2) is 31.9 Å². The predicted molar refractivity (Wildman–Crippen MR) is 71.9 cm³/mol. The van der Waals surface area contributed by atoms with E-state index >= 15 is 0 Å². The van der Waals surface area contributed by atoms with Gasteiger partial charge in [-0.2, -0.15) is 5.10 Å². The average molecular weight is 280 g/mol. The third-order valence-electron chi connectivity index (χ3n) is 2.67. The highest BCUT2D eigenvalue weighted by Crippen LogP contribution is 2.22. The van der Waals surface area contributed by atoms with Crippen molar-refractivity contribution in [1.82, 2.24) is 19.3 Å². The van der Waals surface area contributed by atoms with Crippen LogP contribution in [0.25, 0.3) is 0 Å². The largest absolute Gasteiger partial charge is 0.462 e. The van der Waals surface area contributed by atoms with Gasteiger partial charge in [0, 0.05) is 32.2 Å². The fraction of sp³-hybridized carbons (Fsp3) is 0.417. The molecule has 0 aliphatic heterocycles. The van der Waals surface area contributed by atoms with E-state index in [1.54, 1.807) is 35.8 Å². The average Bonchev–Trinajstić information content (AvgIpc) is 2.94. The number of hydrogen-bond acceptors (Lipinski definition) is 5. The van der Waals surface area contributed by atoms with E-state index in [1.165, 1.54) is 0 Å². The van der Waals surface area contributed by atoms with Gasteiger partial charge in [-0.1, -0.05) is 11.8 Å². The number of aromatic nitrogens is 4. The molecular formula is C12H16N4O2S. The molecule has 0 N–H and O–H groups in total. The number of carbonyl (C=O) groups is 1. The maximum atomic E-state index is 11.8. The van der Waals surface area contributed by atoms with E-state index in [4.69, 9.17) is 4.74 Å². The van der Waals surface area contributed by atoms with Crippen LogP contribution in [0, 0.1) is 0 Å². The van der Waals surface area contributed by atoms with Gasteiger partial charge < -0.3 is 9.30 Å². The standard InChI is InChI=1S/C12H16N4O2S/c1-4-18-11(17)9-7-14-16(3)10(9)8-19-12-13-5-6-15(12)2/h5-7H,4,8H2,1-3H3. The molecule has 0 aromatic carbocycles. The van der Waals surface area contributed by atoms with E-state index in [0.717, 1.165) is 10.9 Å². The van der Waals surface area contributed by atoms with E-state index in [2.05, 4.69) is 10.1 Å². The van der Waals surface area contributed by atoms with Crippen molar-refractivity contribution in [2.75, 3.05) is 6.61 Å². The first kappa shape index (κ1) is 13.7. The first-order valence-corrected chi connectivity index (χ1v) is 6.90. The molecule has 0 unspecified atom stereocenters. The smallest absolute Gasteiger partial charge is 0.341 e. The van der Waals surface area contributed by atoms with Crippen LogP contribution in [0.1, 0.15) is 23.0 Å². The minimum atomic E-state index is -0.328. The van der Waals surface area contributed by atoms with E-state index < -0.39 is 0 Å². The van der Waals surface area contributed by atoms with Gasteiger partial charge in [-0.05, 0) is 6.92 Å². The van der Waals surface area contributed by atoms with E-state index in [0.29, 0.717) is 17.9 Å². The number of esters is 1. The lowest BCUT2D eigenvalue weighted by atomic mass is 10.3. The van der Waals surface area contributed by atoms with Gasteiger partial charge in [-0.15, -0.1) is 0 Å². The predicted octanol–water partition coefficient (Wildman–Crippen LogP) is 1.62. The lowest BCUT2D eigenvalue weighted by Crippen LogP contribution is -2.08. The molecule has 0 radical (unpaired) electrons. The van der Waals surface area contributed by atoms with Gasteiger partial charge in [0.15, 0.2) is 5.16 Å². The molecule has 2 heterocycles. The highest BCUT2D eigenvalue weighted by atomic mass is 32.2. The maximum absolute atomic E-state index is 11.8. The summed E-state index contributed by atoms with van der Waals surface area (Å²) in [6.07, 6.45) is 5.18. The molecule has 2 rings (SSSR count). The zero-order chi connectivity index (χ0) is 13.8. The van der Waals surface area contributed by atoms with Crippen molar-refractivity contribution in [3.8, 4) is 0 Å². The normalized spacial score (nSPS) is 10.7. The molecule has 102 valence electrons. The van der Waals surface area contributed by atoms with Gasteiger partial charge >= 0.3 is 5.97 Å². The van der Waals surface area contributed by atoms with Crippen molar-refractivity contribution in [3.05, 3.63) is 29.8 Å². The Morgan fingerprint density at radius 2 is 2.26 bits per heavy atom. The summed E-state index contributed by atoms with van der Waals surface area (Å²) < 4.78 is 8.65. The maximum Gasteiger partial charge on any atom is 0.341 e. The third kappa shape index (κ3) is 2.98. The zero-order valence-electron chi connectivity index (χ0n) is 11.2. The van der Waals surface area contributed by atoms with Crippen LogP contribution < -0.4 is 0 Å². The number of imidazole rings is 1. The monoisotopic (exact) mass is 280 g/mol. The Bertz CT molecular complexity index is 576. The molecule has 7 heteroatoms. The first-order valence-electron chi connectivity index (χ1n) is 5.91. The van der Waals surface area contributed by atoms with Gasteiger partial charge in [-0.25, -0.2) is 9.78 Å². The molecule has 0 bridgehead atoms. The van der Waals surface area contributed by atoms with Crippen molar-refractivity contribution >= 4 is 17.7 Å². The summed E-state index contributed by atoms with van der Waals surface area (Å²) in [5, 5.41) is 5.02. The Labute approximate surface area is 115 Å². The van der Waals surface area contributed by atoms with Crippen LogP contribution in [0.4, 0.5) is 0 Å². The summed E-state index contributed by atoms with van der Waals surface area (Å²) in [7, 11) is 3.75. The molecule has 0 saturated carbocycles. The van der Waals surface area contributed by atoms with Gasteiger partial charge in [0.1, 0.15) is 5.56 Å². The second kappa shape index (κ2) is 5.92. The summed E-state index contributed by atoms with van der Waals surface area (Å²) >= 11 is 1.56. The van der Waals surface area contributed by atoms with Crippen LogP contribution in [0.2, 0.25) is 0 Å². The van der Waals surface area contributed by atoms with Gasteiger partial charge in [0.2, 0.25) is 0 Å². The molecule has 0 saturated heterocycles. The number of aryl methyl sites for hydroxylation is 2. The SMILES string of the molecule is CCOC(=O)c1cnn(C)c1CSc1nccn1C. The van der Waals surface area contributed by atoms with E-state index in [-0.39, 0.29) is 5.97 Å². The van der Waals surface area contributed by atoms with Crippen LogP contribution >= 0.6 is 11.8 Å². The summed E-state index contributed by atoms with van der Waals surface area (Å²) in [4.78, 5) is 16.0. The molecule has 0 aliphatic rings. The van der Waals surface area contributed by atoms with Crippen LogP contribution in [-0.2, 0) is 24.6 Å². The van der Waals surface area contributed by atoms with E-state index in [9.17, 15) is 4.79 Å². The number of ether oxygens (including phenoxy) is 1. The van der Waals surface area contributed by atoms with E-state index in [1.807, 2.05) is 24.9 Å². The minimum Gasteiger partial charge on any atom is -0.462 e. The molecule has 2 aromatic heterocycles. The molecule has 0 atom stereocenters. The second-order valence-corrected chi connectivity index (χ2v) is 4.90. The zero-order valence-corrected chi connectivity index (χ0v) is 12.0. The van der Waals surface area contributed by atoms with Crippen LogP contribution in [0.15, 0.2) is 23.7 Å². The van der Waals surface area contributed by atoms with Crippen molar-refractivity contribution in [2.24, 2.45) is 14.1 Å². The van der Waals surface area contributed by atoms with Gasteiger partial charge in [-0.3, -0.25) is 4.68 Å². The van der Waals surface area contributed by atoms with Crippen molar-refractivity contribution in [3.63, 3.8) is 0 Å². The number of carbonyl (C=O) groups excluding carboxylic acids is 1. The molecule has 0 amide bonds. The highest BCUT2D eigenvalue weighted by molar-refractivity contribution is 7.98. The van der Waals surface area contributed by atoms with Gasteiger partial charge in [0.25, 0.3) is 0 Å². The Morgan fingerprint density at radius 3 is 2.89 bits per heavy atom. The fourth-order valence-electron chi connectivity index (χ4n) is 1.64. The Kier molecular flexibility index (Phi) is 4.26. The summed E-state index contributed by atoms with van der Waals surface area (Å²) in [5.41, 5.74) is 1.36. The lowest BCUT2D eigenvalue weighted by molar-refractivity contribution is 0.0525. The van der Waals surface area contributed by atoms with Crippen LogP contribution in [0.5, 0.6) is 0 Å². The molecule has 0 aliphatic carbocycles. The molecule has 0 spiro atoms.